The first-order chi connectivity index (χ1) is 16.3. The molecule has 1 aliphatic heterocycles. The Hall–Kier alpha value is -3.43. The average Bonchev–Trinajstić information content (AvgIpc) is 2.85. The molecule has 0 radical (unpaired) electrons. The molecule has 1 saturated heterocycles. The van der Waals surface area contributed by atoms with Gasteiger partial charge in [-0.05, 0) is 49.0 Å². The van der Waals surface area contributed by atoms with Crippen LogP contribution in [0.25, 0.3) is 0 Å². The van der Waals surface area contributed by atoms with Gasteiger partial charge in [-0.1, -0.05) is 12.1 Å². The Balaban J connectivity index is 1.64. The van der Waals surface area contributed by atoms with Gasteiger partial charge in [0.2, 0.25) is 0 Å². The highest BCUT2D eigenvalue weighted by Crippen LogP contribution is 2.24. The van der Waals surface area contributed by atoms with Crippen LogP contribution < -0.4 is 15.5 Å². The summed E-state index contributed by atoms with van der Waals surface area (Å²) in [5.74, 6) is -1.93. The van der Waals surface area contributed by atoms with E-state index in [-0.39, 0.29) is 6.04 Å². The number of carbonyl (C=O) groups excluding carboxylic acids is 3. The zero-order chi connectivity index (χ0) is 24.7. The van der Waals surface area contributed by atoms with Crippen LogP contribution in [0.1, 0.15) is 22.0 Å². The molecule has 0 aromatic heterocycles. The number of ether oxygens (including phenoxy) is 1. The Morgan fingerprint density at radius 2 is 1.56 bits per heavy atom. The topological polar surface area (TPSA) is 94.2 Å². The number of piperazine rings is 1. The lowest BCUT2D eigenvalue weighted by atomic mass is 10.0. The van der Waals surface area contributed by atoms with Crippen LogP contribution in [0.15, 0.2) is 48.5 Å². The minimum absolute atomic E-state index is 0.0407. The largest absolute Gasteiger partial charge is 0.465 e. The highest BCUT2D eigenvalue weighted by molar-refractivity contribution is 6.39. The van der Waals surface area contributed by atoms with Crippen molar-refractivity contribution >= 4 is 29.2 Å². The number of rotatable bonds is 7. The van der Waals surface area contributed by atoms with E-state index in [9.17, 15) is 14.4 Å². The van der Waals surface area contributed by atoms with Crippen molar-refractivity contribution in [2.75, 3.05) is 71.2 Å². The number of esters is 1. The van der Waals surface area contributed by atoms with Crippen LogP contribution in [0.3, 0.4) is 0 Å². The van der Waals surface area contributed by atoms with Crippen molar-refractivity contribution in [3.8, 4) is 0 Å². The standard InChI is InChI=1S/C25H33N5O4/c1-28(2)21-11-7-18(8-12-21)22(30-15-13-29(3)14-16-30)17-26-23(31)24(32)27-20-9-5-19(6-10-20)25(33)34-4/h5-12,22H,13-17H2,1-4H3,(H,26,31)(H,27,32). The van der Waals surface area contributed by atoms with Crippen LogP contribution in [0.2, 0.25) is 0 Å². The molecule has 3 rings (SSSR count). The highest BCUT2D eigenvalue weighted by atomic mass is 16.5. The van der Waals surface area contributed by atoms with E-state index in [1.54, 1.807) is 12.1 Å². The van der Waals surface area contributed by atoms with Gasteiger partial charge in [-0.25, -0.2) is 4.79 Å². The summed E-state index contributed by atoms with van der Waals surface area (Å²) in [6.07, 6.45) is 0. The number of anilines is 2. The third-order valence-corrected chi connectivity index (χ3v) is 6.00. The quantitative estimate of drug-likeness (QED) is 0.472. The molecule has 2 aromatic rings. The van der Waals surface area contributed by atoms with Gasteiger partial charge in [-0.3, -0.25) is 14.5 Å². The smallest absolute Gasteiger partial charge is 0.337 e. The molecule has 0 bridgehead atoms. The first-order valence-corrected chi connectivity index (χ1v) is 11.3. The van der Waals surface area contributed by atoms with Gasteiger partial charge in [0.05, 0.1) is 18.7 Å². The number of likely N-dealkylation sites (N-methyl/N-ethyl adjacent to an activating group) is 1. The fraction of sp³-hybridized carbons (Fsp3) is 0.400. The van der Waals surface area contributed by atoms with Crippen LogP contribution in [0, 0.1) is 0 Å². The van der Waals surface area contributed by atoms with Gasteiger partial charge in [0.25, 0.3) is 0 Å². The average molecular weight is 468 g/mol. The number of nitrogens with zero attached hydrogens (tertiary/aromatic N) is 3. The number of amides is 2. The van der Waals surface area contributed by atoms with E-state index in [4.69, 9.17) is 0 Å². The number of methoxy groups -OCH3 is 1. The minimum atomic E-state index is -0.758. The van der Waals surface area contributed by atoms with Gasteiger partial charge < -0.3 is 25.2 Å². The van der Waals surface area contributed by atoms with E-state index >= 15 is 0 Å². The highest BCUT2D eigenvalue weighted by Gasteiger charge is 2.25. The molecule has 1 heterocycles. The lowest BCUT2D eigenvalue weighted by Gasteiger charge is -2.38. The first kappa shape index (κ1) is 25.2. The summed E-state index contributed by atoms with van der Waals surface area (Å²) in [5.41, 5.74) is 2.97. The van der Waals surface area contributed by atoms with Crippen molar-refractivity contribution in [1.29, 1.82) is 0 Å². The van der Waals surface area contributed by atoms with Crippen molar-refractivity contribution in [3.05, 3.63) is 59.7 Å². The van der Waals surface area contributed by atoms with Gasteiger partial charge in [-0.2, -0.15) is 0 Å². The monoisotopic (exact) mass is 467 g/mol. The van der Waals surface area contributed by atoms with Gasteiger partial charge in [-0.15, -0.1) is 0 Å². The van der Waals surface area contributed by atoms with Gasteiger partial charge in [0, 0.05) is 58.2 Å². The molecule has 1 aliphatic rings. The maximum absolute atomic E-state index is 12.6. The van der Waals surface area contributed by atoms with Crippen LogP contribution in [-0.4, -0.2) is 88.6 Å². The first-order valence-electron chi connectivity index (χ1n) is 11.3. The van der Waals surface area contributed by atoms with Gasteiger partial charge in [0.15, 0.2) is 0 Å². The third-order valence-electron chi connectivity index (χ3n) is 6.00. The number of nitrogens with one attached hydrogen (secondary N) is 2. The SMILES string of the molecule is COC(=O)c1ccc(NC(=O)C(=O)NCC(c2ccc(N(C)C)cc2)N2CCN(C)CC2)cc1. The number of hydrogen-bond donors (Lipinski definition) is 2. The molecule has 9 heteroatoms. The Bertz CT molecular complexity index is 983. The van der Waals surface area contributed by atoms with Crippen molar-refractivity contribution in [1.82, 2.24) is 15.1 Å². The summed E-state index contributed by atoms with van der Waals surface area (Å²) in [4.78, 5) is 43.2. The molecule has 1 fully saturated rings. The van der Waals surface area contributed by atoms with Gasteiger partial charge in [0.1, 0.15) is 0 Å². The summed E-state index contributed by atoms with van der Waals surface area (Å²) < 4.78 is 4.66. The zero-order valence-electron chi connectivity index (χ0n) is 20.2. The Morgan fingerprint density at radius 3 is 2.12 bits per heavy atom. The number of carbonyl (C=O) groups is 3. The van der Waals surface area contributed by atoms with Crippen molar-refractivity contribution < 1.29 is 19.1 Å². The molecule has 1 unspecified atom stereocenters. The second-order valence-corrected chi connectivity index (χ2v) is 8.57. The third kappa shape index (κ3) is 6.55. The van der Waals surface area contributed by atoms with E-state index in [1.165, 1.54) is 19.2 Å². The lowest BCUT2D eigenvalue weighted by Crippen LogP contribution is -2.49. The van der Waals surface area contributed by atoms with Crippen molar-refractivity contribution in [2.24, 2.45) is 0 Å². The van der Waals surface area contributed by atoms with E-state index in [2.05, 4.69) is 56.5 Å². The molecule has 182 valence electrons. The van der Waals surface area contributed by atoms with Crippen molar-refractivity contribution in [2.45, 2.75) is 6.04 Å². The van der Waals surface area contributed by atoms with Gasteiger partial charge >= 0.3 is 17.8 Å². The van der Waals surface area contributed by atoms with E-state index in [0.717, 1.165) is 37.4 Å². The van der Waals surface area contributed by atoms with Crippen LogP contribution in [-0.2, 0) is 14.3 Å². The summed E-state index contributed by atoms with van der Waals surface area (Å²) >= 11 is 0. The maximum Gasteiger partial charge on any atom is 0.337 e. The molecular weight excluding hydrogens is 434 g/mol. The Morgan fingerprint density at radius 1 is 0.941 bits per heavy atom. The molecule has 0 aliphatic carbocycles. The second kappa shape index (κ2) is 11.6. The molecule has 34 heavy (non-hydrogen) atoms. The summed E-state index contributed by atoms with van der Waals surface area (Å²) in [7, 11) is 7.39. The fourth-order valence-corrected chi connectivity index (χ4v) is 3.85. The molecule has 1 atom stereocenters. The molecule has 2 aromatic carbocycles. The summed E-state index contributed by atoms with van der Waals surface area (Å²) in [6, 6.07) is 14.4. The molecule has 0 spiro atoms. The zero-order valence-corrected chi connectivity index (χ0v) is 20.2. The predicted molar refractivity (Wildman–Crippen MR) is 132 cm³/mol. The fourth-order valence-electron chi connectivity index (χ4n) is 3.85. The van der Waals surface area contributed by atoms with Crippen LogP contribution >= 0.6 is 0 Å². The molecule has 0 saturated carbocycles. The van der Waals surface area contributed by atoms with Crippen LogP contribution in [0.4, 0.5) is 11.4 Å². The lowest BCUT2D eigenvalue weighted by molar-refractivity contribution is -0.136. The predicted octanol–water partition coefficient (Wildman–Crippen LogP) is 1.58. The van der Waals surface area contributed by atoms with E-state index in [0.29, 0.717) is 17.8 Å². The number of hydrogen-bond acceptors (Lipinski definition) is 7. The van der Waals surface area contributed by atoms with Crippen LogP contribution in [0.5, 0.6) is 0 Å². The Kier molecular flexibility index (Phi) is 8.61. The Labute approximate surface area is 200 Å². The molecular formula is C25H33N5O4. The maximum atomic E-state index is 12.6. The molecule has 2 N–H and O–H groups in total. The summed E-state index contributed by atoms with van der Waals surface area (Å²) in [5, 5.41) is 5.36. The second-order valence-electron chi connectivity index (χ2n) is 8.57. The number of benzene rings is 2. The van der Waals surface area contributed by atoms with E-state index in [1.807, 2.05) is 19.0 Å². The normalized spacial score (nSPS) is 15.3. The molecule has 9 nitrogen and oxygen atoms in total. The molecule has 2 amide bonds. The minimum Gasteiger partial charge on any atom is -0.465 e. The van der Waals surface area contributed by atoms with Crippen molar-refractivity contribution in [3.63, 3.8) is 0 Å². The summed E-state index contributed by atoms with van der Waals surface area (Å²) in [6.45, 7) is 3.97. The van der Waals surface area contributed by atoms with E-state index < -0.39 is 17.8 Å².